The van der Waals surface area contributed by atoms with Gasteiger partial charge in [0, 0.05) is 50.2 Å². The van der Waals surface area contributed by atoms with E-state index in [-0.39, 0.29) is 6.04 Å². The summed E-state index contributed by atoms with van der Waals surface area (Å²) in [5, 5.41) is 9.89. The van der Waals surface area contributed by atoms with Crippen molar-refractivity contribution in [2.45, 2.75) is 32.0 Å². The molecule has 2 aromatic carbocycles. The summed E-state index contributed by atoms with van der Waals surface area (Å²) in [5.74, 6) is 0. The number of nitrogens with zero attached hydrogens (tertiary/aromatic N) is 2. The van der Waals surface area contributed by atoms with Gasteiger partial charge in [-0.2, -0.15) is 0 Å². The monoisotopic (exact) mass is 478 g/mol. The molecule has 0 amide bonds. The van der Waals surface area contributed by atoms with Crippen LogP contribution in [0.15, 0.2) is 78.2 Å². The first-order chi connectivity index (χ1) is 16.2. The maximum atomic E-state index is 5.64. The van der Waals surface area contributed by atoms with Gasteiger partial charge in [-0.1, -0.05) is 66.7 Å². The first kappa shape index (κ1) is 23.9. The zero-order chi connectivity index (χ0) is 22.9. The molecule has 4 nitrogen and oxygen atoms in total. The topological polar surface area (TPSA) is 30.5 Å². The van der Waals surface area contributed by atoms with Crippen LogP contribution in [-0.2, 0) is 13.0 Å². The summed E-state index contributed by atoms with van der Waals surface area (Å²) >= 11 is 7.48. The fourth-order valence-electron chi connectivity index (χ4n) is 4.55. The van der Waals surface area contributed by atoms with E-state index in [4.69, 9.17) is 12.2 Å². The average Bonchev–Trinajstić information content (AvgIpc) is 3.36. The van der Waals surface area contributed by atoms with Crippen molar-refractivity contribution in [2.24, 2.45) is 0 Å². The molecular weight excluding hydrogens is 444 g/mol. The predicted octanol–water partition coefficient (Wildman–Crippen LogP) is 4.70. The van der Waals surface area contributed by atoms with Gasteiger partial charge in [0.2, 0.25) is 0 Å². The molecule has 3 aromatic rings. The summed E-state index contributed by atoms with van der Waals surface area (Å²) in [6, 6.07) is 26.3. The lowest BCUT2D eigenvalue weighted by Gasteiger charge is -2.41. The van der Waals surface area contributed by atoms with Crippen LogP contribution >= 0.6 is 23.6 Å². The minimum absolute atomic E-state index is 0.223. The Kier molecular flexibility index (Phi) is 8.89. The van der Waals surface area contributed by atoms with Crippen molar-refractivity contribution >= 4 is 28.7 Å². The van der Waals surface area contributed by atoms with E-state index in [0.717, 1.165) is 50.8 Å². The van der Waals surface area contributed by atoms with E-state index < -0.39 is 0 Å². The number of nitrogens with one attached hydrogen (secondary N) is 2. The molecule has 2 N–H and O–H groups in total. The number of thiophene rings is 1. The smallest absolute Gasteiger partial charge is 0.166 e. The summed E-state index contributed by atoms with van der Waals surface area (Å²) < 4.78 is 0. The van der Waals surface area contributed by atoms with Crippen molar-refractivity contribution < 1.29 is 0 Å². The quantitative estimate of drug-likeness (QED) is 0.435. The number of benzene rings is 2. The fraction of sp³-hybridized carbons (Fsp3) is 0.370. The number of piperazine rings is 1. The van der Waals surface area contributed by atoms with Crippen molar-refractivity contribution in [3.05, 3.63) is 94.2 Å². The molecule has 4 rings (SSSR count). The summed E-state index contributed by atoms with van der Waals surface area (Å²) in [6.07, 6.45) is 0.967. The molecular formula is C27H34N4S2. The van der Waals surface area contributed by atoms with Crippen LogP contribution in [0.4, 0.5) is 0 Å². The zero-order valence-electron chi connectivity index (χ0n) is 19.3. The highest BCUT2D eigenvalue weighted by Gasteiger charge is 2.30. The van der Waals surface area contributed by atoms with Gasteiger partial charge < -0.3 is 10.6 Å². The molecule has 0 aliphatic carbocycles. The second-order valence-electron chi connectivity index (χ2n) is 8.68. The predicted molar refractivity (Wildman–Crippen MR) is 144 cm³/mol. The van der Waals surface area contributed by atoms with Gasteiger partial charge in [0.1, 0.15) is 0 Å². The van der Waals surface area contributed by atoms with Gasteiger partial charge in [-0.3, -0.25) is 9.80 Å². The molecule has 6 heteroatoms. The Balaban J connectivity index is 1.30. The normalized spacial score (nSPS) is 16.8. The first-order valence-electron chi connectivity index (χ1n) is 11.8. The Hall–Kier alpha value is -2.25. The van der Waals surface area contributed by atoms with Crippen LogP contribution in [0.2, 0.25) is 0 Å². The Labute approximate surface area is 207 Å². The SMILES string of the molecule is C[C@H](NC(=S)NCCc1ccccc1)[C@@H](c1cccs1)N1CCN(Cc2ccccc2)CC1. The number of hydrogen-bond donors (Lipinski definition) is 2. The fourth-order valence-corrected chi connectivity index (χ4v) is 5.80. The van der Waals surface area contributed by atoms with E-state index in [1.807, 2.05) is 11.3 Å². The van der Waals surface area contributed by atoms with Crippen molar-refractivity contribution in [2.75, 3.05) is 32.7 Å². The lowest BCUT2D eigenvalue weighted by Crippen LogP contribution is -2.53. The highest BCUT2D eigenvalue weighted by atomic mass is 32.1. The molecule has 1 aliphatic rings. The average molecular weight is 479 g/mol. The van der Waals surface area contributed by atoms with E-state index in [2.05, 4.69) is 106 Å². The van der Waals surface area contributed by atoms with Crippen molar-refractivity contribution in [3.63, 3.8) is 0 Å². The Morgan fingerprint density at radius 1 is 0.909 bits per heavy atom. The standard InChI is InChI=1S/C27H34N4S2/c1-22(29-27(32)28-15-14-23-9-4-2-5-10-23)26(25-13-8-20-33-25)31-18-16-30(17-19-31)21-24-11-6-3-7-12-24/h2-13,20,22,26H,14-19,21H2,1H3,(H2,28,29,32)/t22-,26-/m0/s1. The molecule has 0 bridgehead atoms. The molecule has 0 saturated carbocycles. The second kappa shape index (κ2) is 12.3. The Bertz CT molecular complexity index is 954. The summed E-state index contributed by atoms with van der Waals surface area (Å²) in [5.41, 5.74) is 2.72. The third-order valence-corrected chi connectivity index (χ3v) is 7.46. The van der Waals surface area contributed by atoms with Gasteiger partial charge >= 0.3 is 0 Å². The van der Waals surface area contributed by atoms with Gasteiger partial charge in [0.15, 0.2) is 5.11 Å². The van der Waals surface area contributed by atoms with Crippen LogP contribution in [0.3, 0.4) is 0 Å². The molecule has 2 heterocycles. The minimum atomic E-state index is 0.223. The third-order valence-electron chi connectivity index (χ3n) is 6.26. The highest BCUT2D eigenvalue weighted by Crippen LogP contribution is 2.29. The van der Waals surface area contributed by atoms with Gasteiger partial charge in [-0.25, -0.2) is 0 Å². The molecule has 1 fully saturated rings. The molecule has 2 atom stereocenters. The van der Waals surface area contributed by atoms with Crippen LogP contribution in [-0.4, -0.2) is 53.7 Å². The molecule has 1 aromatic heterocycles. The number of hydrogen-bond acceptors (Lipinski definition) is 4. The molecule has 0 unspecified atom stereocenters. The first-order valence-corrected chi connectivity index (χ1v) is 13.1. The van der Waals surface area contributed by atoms with Crippen LogP contribution < -0.4 is 10.6 Å². The van der Waals surface area contributed by atoms with E-state index >= 15 is 0 Å². The summed E-state index contributed by atoms with van der Waals surface area (Å²) in [4.78, 5) is 6.58. The van der Waals surface area contributed by atoms with Crippen LogP contribution in [0, 0.1) is 0 Å². The number of rotatable bonds is 9. The Morgan fingerprint density at radius 3 is 2.21 bits per heavy atom. The van der Waals surface area contributed by atoms with Gasteiger partial charge in [0.05, 0.1) is 6.04 Å². The Morgan fingerprint density at radius 2 is 1.58 bits per heavy atom. The largest absolute Gasteiger partial charge is 0.362 e. The van der Waals surface area contributed by atoms with Crippen LogP contribution in [0.1, 0.15) is 29.0 Å². The third kappa shape index (κ3) is 7.11. The molecule has 174 valence electrons. The van der Waals surface area contributed by atoms with Gasteiger partial charge in [-0.15, -0.1) is 11.3 Å². The lowest BCUT2D eigenvalue weighted by molar-refractivity contribution is 0.0814. The summed E-state index contributed by atoms with van der Waals surface area (Å²) in [7, 11) is 0. The molecule has 1 saturated heterocycles. The maximum absolute atomic E-state index is 5.64. The van der Waals surface area contributed by atoms with E-state index in [9.17, 15) is 0 Å². The van der Waals surface area contributed by atoms with E-state index in [1.54, 1.807) is 0 Å². The van der Waals surface area contributed by atoms with Crippen molar-refractivity contribution in [1.29, 1.82) is 0 Å². The van der Waals surface area contributed by atoms with Crippen molar-refractivity contribution in [1.82, 2.24) is 20.4 Å². The summed E-state index contributed by atoms with van der Waals surface area (Å²) in [6.45, 7) is 8.43. The van der Waals surface area contributed by atoms with Crippen LogP contribution in [0.5, 0.6) is 0 Å². The van der Waals surface area contributed by atoms with Crippen molar-refractivity contribution in [3.8, 4) is 0 Å². The van der Waals surface area contributed by atoms with E-state index in [0.29, 0.717) is 6.04 Å². The maximum Gasteiger partial charge on any atom is 0.166 e. The molecule has 1 aliphatic heterocycles. The number of thiocarbonyl (C=S) groups is 1. The highest BCUT2D eigenvalue weighted by molar-refractivity contribution is 7.80. The van der Waals surface area contributed by atoms with Crippen LogP contribution in [0.25, 0.3) is 0 Å². The van der Waals surface area contributed by atoms with Gasteiger partial charge in [-0.05, 0) is 48.1 Å². The van der Waals surface area contributed by atoms with E-state index in [1.165, 1.54) is 16.0 Å². The molecule has 0 radical (unpaired) electrons. The molecule has 33 heavy (non-hydrogen) atoms. The molecule has 0 spiro atoms. The minimum Gasteiger partial charge on any atom is -0.362 e. The second-order valence-corrected chi connectivity index (χ2v) is 10.1. The zero-order valence-corrected chi connectivity index (χ0v) is 21.0. The lowest BCUT2D eigenvalue weighted by atomic mass is 10.0. The van der Waals surface area contributed by atoms with Gasteiger partial charge in [0.25, 0.3) is 0 Å².